The minimum absolute atomic E-state index is 0.410. The van der Waals surface area contributed by atoms with Crippen LogP contribution in [-0.4, -0.2) is 10.9 Å². The molecule has 18 heavy (non-hydrogen) atoms. The maximum Gasteiger partial charge on any atom is 0.248 e. The first-order chi connectivity index (χ1) is 8.56. The molecule has 1 heterocycles. The van der Waals surface area contributed by atoms with Crippen molar-refractivity contribution in [2.75, 3.05) is 11.1 Å². The first-order valence-electron chi connectivity index (χ1n) is 5.44. The van der Waals surface area contributed by atoms with Crippen LogP contribution < -0.4 is 16.8 Å². The Morgan fingerprint density at radius 2 is 2.06 bits per heavy atom. The number of nitrogens with one attached hydrogen (secondary N) is 1. The molecule has 0 saturated heterocycles. The van der Waals surface area contributed by atoms with Gasteiger partial charge in [-0.3, -0.25) is 9.78 Å². The van der Waals surface area contributed by atoms with Crippen molar-refractivity contribution in [3.63, 3.8) is 0 Å². The fraction of sp³-hybridized carbons (Fsp3) is 0.0769. The number of carbonyl (C=O) groups is 1. The van der Waals surface area contributed by atoms with Crippen LogP contribution in [0.15, 0.2) is 36.7 Å². The lowest BCUT2D eigenvalue weighted by molar-refractivity contribution is 0.100. The van der Waals surface area contributed by atoms with Gasteiger partial charge in [0.05, 0.1) is 23.3 Å². The highest BCUT2D eigenvalue weighted by molar-refractivity contribution is 5.95. The molecular weight excluding hydrogens is 228 g/mol. The van der Waals surface area contributed by atoms with Crippen molar-refractivity contribution in [2.24, 2.45) is 5.73 Å². The van der Waals surface area contributed by atoms with Gasteiger partial charge < -0.3 is 16.8 Å². The van der Waals surface area contributed by atoms with Crippen molar-refractivity contribution in [3.05, 3.63) is 47.8 Å². The number of rotatable bonds is 3. The second-order valence-corrected chi connectivity index (χ2v) is 4.04. The predicted octanol–water partition coefficient (Wildman–Crippen LogP) is 1.81. The lowest BCUT2D eigenvalue weighted by Crippen LogP contribution is -2.11. The van der Waals surface area contributed by atoms with Gasteiger partial charge in [-0.2, -0.15) is 0 Å². The van der Waals surface area contributed by atoms with E-state index in [9.17, 15) is 4.79 Å². The minimum Gasteiger partial charge on any atom is -0.397 e. The van der Waals surface area contributed by atoms with E-state index in [1.807, 2.05) is 13.0 Å². The summed E-state index contributed by atoms with van der Waals surface area (Å²) in [6.07, 6.45) is 3.44. The van der Waals surface area contributed by atoms with Gasteiger partial charge in [0.1, 0.15) is 0 Å². The van der Waals surface area contributed by atoms with Crippen LogP contribution in [0.3, 0.4) is 0 Å². The summed E-state index contributed by atoms with van der Waals surface area (Å²) in [7, 11) is 0. The van der Waals surface area contributed by atoms with E-state index in [0.29, 0.717) is 16.9 Å². The Balaban J connectivity index is 2.33. The van der Waals surface area contributed by atoms with Gasteiger partial charge in [-0.1, -0.05) is 0 Å². The predicted molar refractivity (Wildman–Crippen MR) is 71.6 cm³/mol. The van der Waals surface area contributed by atoms with Crippen LogP contribution in [0.1, 0.15) is 15.9 Å². The van der Waals surface area contributed by atoms with Gasteiger partial charge in [0, 0.05) is 11.8 Å². The smallest absolute Gasteiger partial charge is 0.248 e. The van der Waals surface area contributed by atoms with Crippen molar-refractivity contribution in [1.82, 2.24) is 4.98 Å². The molecule has 0 atom stereocenters. The molecule has 5 nitrogen and oxygen atoms in total. The van der Waals surface area contributed by atoms with Crippen molar-refractivity contribution in [3.8, 4) is 0 Å². The molecule has 1 amide bonds. The Hall–Kier alpha value is -2.56. The number of hydrogen-bond donors (Lipinski definition) is 3. The van der Waals surface area contributed by atoms with Crippen LogP contribution in [0.5, 0.6) is 0 Å². The number of anilines is 3. The first-order valence-corrected chi connectivity index (χ1v) is 5.44. The molecule has 0 aliphatic carbocycles. The van der Waals surface area contributed by atoms with E-state index in [1.54, 1.807) is 30.6 Å². The zero-order valence-electron chi connectivity index (χ0n) is 9.97. The Kier molecular flexibility index (Phi) is 3.14. The van der Waals surface area contributed by atoms with Gasteiger partial charge in [0.25, 0.3) is 0 Å². The fourth-order valence-corrected chi connectivity index (χ4v) is 1.60. The highest BCUT2D eigenvalue weighted by atomic mass is 16.1. The molecule has 0 aliphatic rings. The second kappa shape index (κ2) is 4.75. The average Bonchev–Trinajstić information content (AvgIpc) is 2.31. The van der Waals surface area contributed by atoms with Gasteiger partial charge in [-0.25, -0.2) is 0 Å². The topological polar surface area (TPSA) is 94.0 Å². The zero-order chi connectivity index (χ0) is 13.1. The molecule has 1 aromatic carbocycles. The standard InChI is InChI=1S/C13H14N4O/c1-8-4-10(7-16-6-8)17-12-5-9(13(15)18)2-3-11(12)14/h2-7,17H,14H2,1H3,(H2,15,18). The number of carbonyl (C=O) groups excluding carboxylic acids is 1. The van der Waals surface area contributed by atoms with Gasteiger partial charge >= 0.3 is 0 Å². The summed E-state index contributed by atoms with van der Waals surface area (Å²) in [6, 6.07) is 6.80. The molecule has 1 aromatic heterocycles. The number of amides is 1. The number of aromatic nitrogens is 1. The number of nitrogen functional groups attached to an aromatic ring is 1. The molecule has 0 spiro atoms. The highest BCUT2D eigenvalue weighted by Crippen LogP contribution is 2.24. The summed E-state index contributed by atoms with van der Waals surface area (Å²) >= 11 is 0. The van der Waals surface area contributed by atoms with Gasteiger partial charge in [0.15, 0.2) is 0 Å². The third kappa shape index (κ3) is 2.57. The van der Waals surface area contributed by atoms with Gasteiger partial charge in [-0.05, 0) is 36.8 Å². The number of hydrogen-bond acceptors (Lipinski definition) is 4. The van der Waals surface area contributed by atoms with E-state index in [0.717, 1.165) is 11.3 Å². The lowest BCUT2D eigenvalue weighted by atomic mass is 10.1. The number of benzene rings is 1. The molecule has 0 unspecified atom stereocenters. The minimum atomic E-state index is -0.486. The summed E-state index contributed by atoms with van der Waals surface area (Å²) in [5.41, 5.74) is 14.5. The summed E-state index contributed by atoms with van der Waals surface area (Å²) in [5.74, 6) is -0.486. The van der Waals surface area contributed by atoms with Crippen molar-refractivity contribution >= 4 is 23.0 Å². The monoisotopic (exact) mass is 242 g/mol. The quantitative estimate of drug-likeness (QED) is 0.715. The van der Waals surface area contributed by atoms with E-state index in [4.69, 9.17) is 11.5 Å². The summed E-state index contributed by atoms with van der Waals surface area (Å²) in [6.45, 7) is 1.95. The third-order valence-corrected chi connectivity index (χ3v) is 2.49. The highest BCUT2D eigenvalue weighted by Gasteiger charge is 2.05. The Bertz CT molecular complexity index is 595. The third-order valence-electron chi connectivity index (χ3n) is 2.49. The number of primary amides is 1. The molecule has 0 bridgehead atoms. The zero-order valence-corrected chi connectivity index (χ0v) is 9.97. The molecule has 5 heteroatoms. The van der Waals surface area contributed by atoms with E-state index >= 15 is 0 Å². The molecular formula is C13H14N4O. The number of aryl methyl sites for hydroxylation is 1. The molecule has 2 aromatic rings. The molecule has 0 aliphatic heterocycles. The van der Waals surface area contributed by atoms with Crippen LogP contribution >= 0.6 is 0 Å². The first kappa shape index (κ1) is 11.9. The number of pyridine rings is 1. The Morgan fingerprint density at radius 1 is 1.28 bits per heavy atom. The largest absolute Gasteiger partial charge is 0.397 e. The van der Waals surface area contributed by atoms with Crippen molar-refractivity contribution in [2.45, 2.75) is 6.92 Å². The Labute approximate surface area is 105 Å². The van der Waals surface area contributed by atoms with E-state index in [-0.39, 0.29) is 0 Å². The summed E-state index contributed by atoms with van der Waals surface area (Å²) in [5, 5.41) is 3.11. The van der Waals surface area contributed by atoms with Gasteiger partial charge in [0.2, 0.25) is 5.91 Å². The average molecular weight is 242 g/mol. The summed E-state index contributed by atoms with van der Waals surface area (Å²) < 4.78 is 0. The van der Waals surface area contributed by atoms with E-state index < -0.39 is 5.91 Å². The van der Waals surface area contributed by atoms with Crippen LogP contribution in [0, 0.1) is 6.92 Å². The lowest BCUT2D eigenvalue weighted by Gasteiger charge is -2.10. The Morgan fingerprint density at radius 3 is 2.72 bits per heavy atom. The molecule has 0 fully saturated rings. The van der Waals surface area contributed by atoms with Gasteiger partial charge in [-0.15, -0.1) is 0 Å². The van der Waals surface area contributed by atoms with Crippen LogP contribution in [0.4, 0.5) is 17.1 Å². The maximum atomic E-state index is 11.1. The second-order valence-electron chi connectivity index (χ2n) is 4.04. The molecule has 5 N–H and O–H groups in total. The van der Waals surface area contributed by atoms with Crippen molar-refractivity contribution < 1.29 is 4.79 Å². The van der Waals surface area contributed by atoms with Crippen molar-refractivity contribution in [1.29, 1.82) is 0 Å². The maximum absolute atomic E-state index is 11.1. The van der Waals surface area contributed by atoms with E-state index in [2.05, 4.69) is 10.3 Å². The van der Waals surface area contributed by atoms with Crippen LogP contribution in [0.25, 0.3) is 0 Å². The summed E-state index contributed by atoms with van der Waals surface area (Å²) in [4.78, 5) is 15.2. The molecule has 92 valence electrons. The van der Waals surface area contributed by atoms with E-state index in [1.165, 1.54) is 0 Å². The number of nitrogens with zero attached hydrogens (tertiary/aromatic N) is 1. The molecule has 0 radical (unpaired) electrons. The molecule has 2 rings (SSSR count). The number of nitrogens with two attached hydrogens (primary N) is 2. The van der Waals surface area contributed by atoms with Crippen LogP contribution in [0.2, 0.25) is 0 Å². The van der Waals surface area contributed by atoms with Crippen LogP contribution in [-0.2, 0) is 0 Å². The normalized spacial score (nSPS) is 10.1. The molecule has 0 saturated carbocycles. The fourth-order valence-electron chi connectivity index (χ4n) is 1.60. The SMILES string of the molecule is Cc1cncc(Nc2cc(C(N)=O)ccc2N)c1.